The number of aromatic hydroxyl groups is 1. The van der Waals surface area contributed by atoms with Crippen LogP contribution in [0.5, 0.6) is 5.75 Å². The summed E-state index contributed by atoms with van der Waals surface area (Å²) in [6.07, 6.45) is -0.461. The van der Waals surface area contributed by atoms with Gasteiger partial charge in [-0.2, -0.15) is 0 Å². The summed E-state index contributed by atoms with van der Waals surface area (Å²) in [6, 6.07) is 16.2. The highest BCUT2D eigenvalue weighted by Crippen LogP contribution is 2.42. The van der Waals surface area contributed by atoms with Crippen molar-refractivity contribution in [1.82, 2.24) is 5.32 Å². The summed E-state index contributed by atoms with van der Waals surface area (Å²) in [5, 5.41) is 12.1. The quantitative estimate of drug-likeness (QED) is 0.391. The van der Waals surface area contributed by atoms with E-state index in [4.69, 9.17) is 0 Å². The van der Waals surface area contributed by atoms with Crippen molar-refractivity contribution >= 4 is 29.1 Å². The number of carbonyl (C=O) groups excluding carboxylic acids is 1. The van der Waals surface area contributed by atoms with E-state index in [0.29, 0.717) is 11.4 Å². The molecule has 4 nitrogen and oxygen atoms in total. The van der Waals surface area contributed by atoms with Crippen molar-refractivity contribution in [2.24, 2.45) is 4.99 Å². The molecule has 1 heterocycles. The molecule has 3 aromatic carbocycles. The summed E-state index contributed by atoms with van der Waals surface area (Å²) < 4.78 is 40.7. The number of halogens is 3. The lowest BCUT2D eigenvalue weighted by atomic mass is 10.0. The number of aliphatic imine (C=N–C) groups is 1. The minimum Gasteiger partial charge on any atom is -0.508 e. The number of rotatable bonds is 5. The molecule has 1 amide bonds. The zero-order valence-corrected chi connectivity index (χ0v) is 17.8. The van der Waals surface area contributed by atoms with Crippen molar-refractivity contribution in [3.05, 3.63) is 83.2 Å². The lowest BCUT2D eigenvalue weighted by molar-refractivity contribution is 0.0137. The Hall–Kier alpha value is -3.26. The van der Waals surface area contributed by atoms with Crippen LogP contribution in [-0.2, 0) is 0 Å². The molecule has 0 radical (unpaired) electrons. The van der Waals surface area contributed by atoms with Gasteiger partial charge < -0.3 is 10.4 Å². The van der Waals surface area contributed by atoms with Crippen LogP contribution < -0.4 is 5.32 Å². The van der Waals surface area contributed by atoms with Gasteiger partial charge in [0.25, 0.3) is 5.91 Å². The first kappa shape index (κ1) is 22.0. The van der Waals surface area contributed by atoms with E-state index in [1.54, 1.807) is 18.2 Å². The lowest BCUT2D eigenvalue weighted by Gasteiger charge is -2.11. The van der Waals surface area contributed by atoms with Gasteiger partial charge in [0.2, 0.25) is 5.92 Å². The maximum absolute atomic E-state index is 14.7. The number of nitrogens with one attached hydrogen (secondary N) is 1. The summed E-state index contributed by atoms with van der Waals surface area (Å²) in [5.41, 5.74) is 2.02. The Bertz CT molecular complexity index is 1220. The molecule has 2 N–H and O–H groups in total. The Balaban J connectivity index is 1.74. The van der Waals surface area contributed by atoms with E-state index in [-0.39, 0.29) is 23.4 Å². The minimum absolute atomic E-state index is 0.160. The van der Waals surface area contributed by atoms with Crippen molar-refractivity contribution in [3.8, 4) is 5.75 Å². The van der Waals surface area contributed by atoms with E-state index in [1.807, 2.05) is 24.3 Å². The molecule has 8 heteroatoms. The fourth-order valence-electron chi connectivity index (χ4n) is 3.28. The number of nitrogens with zero attached hydrogens (tertiary/aromatic N) is 1. The first-order valence-electron chi connectivity index (χ1n) is 9.86. The SMILES string of the molecule is CC(F)(F)CCNC(=O)c1ccc2c(c1)N=C(c1ccc(O)cc1F)c1ccccc1S2. The van der Waals surface area contributed by atoms with Gasteiger partial charge in [-0.1, -0.05) is 30.0 Å². The first-order chi connectivity index (χ1) is 15.2. The molecule has 4 rings (SSSR count). The molecule has 0 aromatic heterocycles. The van der Waals surface area contributed by atoms with Gasteiger partial charge in [0.1, 0.15) is 11.6 Å². The van der Waals surface area contributed by atoms with Gasteiger partial charge in [0.05, 0.1) is 11.4 Å². The summed E-state index contributed by atoms with van der Waals surface area (Å²) in [4.78, 5) is 18.8. The molecule has 0 aliphatic carbocycles. The molecule has 1 aliphatic rings. The van der Waals surface area contributed by atoms with E-state index in [9.17, 15) is 23.1 Å². The van der Waals surface area contributed by atoms with E-state index in [1.165, 1.54) is 23.9 Å². The third kappa shape index (κ3) is 4.80. The zero-order chi connectivity index (χ0) is 22.9. The number of benzene rings is 3. The molecule has 164 valence electrons. The molecule has 0 atom stereocenters. The van der Waals surface area contributed by atoms with Crippen LogP contribution in [0.25, 0.3) is 0 Å². The zero-order valence-electron chi connectivity index (χ0n) is 17.0. The van der Waals surface area contributed by atoms with Crippen molar-refractivity contribution in [3.63, 3.8) is 0 Å². The number of amides is 1. The summed E-state index contributed by atoms with van der Waals surface area (Å²) in [6.45, 7) is 0.641. The van der Waals surface area contributed by atoms with Crippen LogP contribution in [-0.4, -0.2) is 29.2 Å². The lowest BCUT2D eigenvalue weighted by Crippen LogP contribution is -2.28. The third-order valence-electron chi connectivity index (χ3n) is 4.87. The number of hydrogen-bond donors (Lipinski definition) is 2. The van der Waals surface area contributed by atoms with Crippen molar-refractivity contribution in [2.45, 2.75) is 29.1 Å². The van der Waals surface area contributed by atoms with E-state index < -0.39 is 24.1 Å². The second-order valence-electron chi connectivity index (χ2n) is 7.48. The van der Waals surface area contributed by atoms with Gasteiger partial charge in [-0.15, -0.1) is 0 Å². The standard InChI is InChI=1S/C24H19F3N2O2S/c1-24(26,27)10-11-28-23(31)14-6-9-21-19(12-14)29-22(16-8-7-15(30)13-18(16)25)17-4-2-3-5-20(17)32-21/h2-9,12-13,30H,10-11H2,1H3,(H,28,31). The largest absolute Gasteiger partial charge is 0.508 e. The maximum atomic E-state index is 14.7. The molecule has 0 bridgehead atoms. The van der Waals surface area contributed by atoms with Gasteiger partial charge in [0, 0.05) is 45.5 Å². The average Bonchev–Trinajstić information content (AvgIpc) is 2.89. The summed E-state index contributed by atoms with van der Waals surface area (Å²) >= 11 is 1.44. The Kier molecular flexibility index (Phi) is 5.97. The number of hydrogen-bond acceptors (Lipinski definition) is 4. The van der Waals surface area contributed by atoms with Crippen LogP contribution in [0.15, 0.2) is 75.4 Å². The Morgan fingerprint density at radius 2 is 1.84 bits per heavy atom. The van der Waals surface area contributed by atoms with E-state index in [0.717, 1.165) is 28.3 Å². The fourth-order valence-corrected chi connectivity index (χ4v) is 4.29. The molecule has 0 saturated carbocycles. The average molecular weight is 456 g/mol. The minimum atomic E-state index is -2.86. The molecule has 0 fully saturated rings. The molecular weight excluding hydrogens is 437 g/mol. The summed E-state index contributed by atoms with van der Waals surface area (Å²) in [5.74, 6) is -4.17. The second-order valence-corrected chi connectivity index (χ2v) is 8.57. The van der Waals surface area contributed by atoms with Crippen LogP contribution in [0, 0.1) is 5.82 Å². The smallest absolute Gasteiger partial charge is 0.251 e. The normalized spacial score (nSPS) is 12.9. The maximum Gasteiger partial charge on any atom is 0.251 e. The fraction of sp³-hybridized carbons (Fsp3) is 0.167. The predicted octanol–water partition coefficient (Wildman–Crippen LogP) is 5.94. The molecular formula is C24H19F3N2O2S. The third-order valence-corrected chi connectivity index (χ3v) is 6.01. The number of carbonyl (C=O) groups is 1. The molecule has 0 saturated heterocycles. The molecule has 0 spiro atoms. The van der Waals surface area contributed by atoms with Gasteiger partial charge >= 0.3 is 0 Å². The van der Waals surface area contributed by atoms with Gasteiger partial charge in [-0.05, 0) is 43.3 Å². The van der Waals surface area contributed by atoms with Crippen LogP contribution in [0.2, 0.25) is 0 Å². The number of phenolic OH excluding ortho intramolecular Hbond substituents is 1. The van der Waals surface area contributed by atoms with E-state index in [2.05, 4.69) is 10.3 Å². The van der Waals surface area contributed by atoms with Gasteiger partial charge in [0.15, 0.2) is 0 Å². The number of alkyl halides is 2. The predicted molar refractivity (Wildman–Crippen MR) is 118 cm³/mol. The molecule has 1 aliphatic heterocycles. The highest BCUT2D eigenvalue weighted by atomic mass is 32.2. The second kappa shape index (κ2) is 8.70. The van der Waals surface area contributed by atoms with Crippen molar-refractivity contribution in [2.75, 3.05) is 6.54 Å². The topological polar surface area (TPSA) is 61.7 Å². The van der Waals surface area contributed by atoms with Crippen molar-refractivity contribution < 1.29 is 23.1 Å². The van der Waals surface area contributed by atoms with Crippen molar-refractivity contribution in [1.29, 1.82) is 0 Å². The van der Waals surface area contributed by atoms with Crippen LogP contribution in [0.4, 0.5) is 18.9 Å². The summed E-state index contributed by atoms with van der Waals surface area (Å²) in [7, 11) is 0. The molecule has 3 aromatic rings. The molecule has 0 unspecified atom stereocenters. The van der Waals surface area contributed by atoms with Crippen LogP contribution >= 0.6 is 11.8 Å². The van der Waals surface area contributed by atoms with Gasteiger partial charge in [-0.3, -0.25) is 4.79 Å². The van der Waals surface area contributed by atoms with Crippen LogP contribution in [0.1, 0.15) is 34.8 Å². The highest BCUT2D eigenvalue weighted by molar-refractivity contribution is 7.99. The molecule has 32 heavy (non-hydrogen) atoms. The van der Waals surface area contributed by atoms with Gasteiger partial charge in [-0.25, -0.2) is 18.2 Å². The van der Waals surface area contributed by atoms with E-state index >= 15 is 0 Å². The number of phenols is 1. The Labute approximate surface area is 187 Å². The Morgan fingerprint density at radius 1 is 1.06 bits per heavy atom. The van der Waals surface area contributed by atoms with Crippen LogP contribution in [0.3, 0.4) is 0 Å². The highest BCUT2D eigenvalue weighted by Gasteiger charge is 2.23. The Morgan fingerprint density at radius 3 is 2.59 bits per heavy atom. The monoisotopic (exact) mass is 456 g/mol. The first-order valence-corrected chi connectivity index (χ1v) is 10.7. The number of fused-ring (bicyclic) bond motifs is 2.